The maximum atomic E-state index is 12.4. The second-order valence-electron chi connectivity index (χ2n) is 7.17. The van der Waals surface area contributed by atoms with Crippen LogP contribution in [0.2, 0.25) is 0 Å². The first-order valence-electron chi connectivity index (χ1n) is 8.20. The lowest BCUT2D eigenvalue weighted by Gasteiger charge is -2.31. The Morgan fingerprint density at radius 1 is 1.43 bits per heavy atom. The van der Waals surface area contributed by atoms with E-state index in [2.05, 4.69) is 31.4 Å². The summed E-state index contributed by atoms with van der Waals surface area (Å²) in [6, 6.07) is 5.72. The van der Waals surface area contributed by atoms with E-state index in [9.17, 15) is 9.90 Å². The summed E-state index contributed by atoms with van der Waals surface area (Å²) in [5.74, 6) is 0.889. The second kappa shape index (κ2) is 7.21. The molecule has 0 aromatic heterocycles. The van der Waals surface area contributed by atoms with Crippen LogP contribution < -0.4 is 15.4 Å². The fraction of sp³-hybridized carbons (Fsp3) is 0.611. The van der Waals surface area contributed by atoms with Crippen molar-refractivity contribution in [3.8, 4) is 5.75 Å². The number of nitrogens with one attached hydrogen (secondary N) is 2. The van der Waals surface area contributed by atoms with Crippen LogP contribution in [0.15, 0.2) is 18.2 Å². The lowest BCUT2D eigenvalue weighted by molar-refractivity contribution is 0.187. The molecule has 0 heterocycles. The Morgan fingerprint density at radius 3 is 2.78 bits per heavy atom. The van der Waals surface area contributed by atoms with Crippen molar-refractivity contribution in [3.63, 3.8) is 0 Å². The number of hydrogen-bond donors (Lipinski definition) is 3. The van der Waals surface area contributed by atoms with E-state index in [1.54, 1.807) is 7.11 Å². The van der Waals surface area contributed by atoms with Gasteiger partial charge in [-0.25, -0.2) is 4.79 Å². The number of amides is 2. The van der Waals surface area contributed by atoms with Gasteiger partial charge >= 0.3 is 6.03 Å². The molecule has 2 rings (SSSR count). The largest absolute Gasteiger partial charge is 0.496 e. The molecule has 5 nitrogen and oxygen atoms in total. The number of fused-ring (bicyclic) bond motifs is 1. The monoisotopic (exact) mass is 320 g/mol. The molecule has 1 aromatic carbocycles. The Labute approximate surface area is 138 Å². The molecule has 0 radical (unpaired) electrons. The molecule has 0 bridgehead atoms. The SMILES string of the molecule is COc1cccc2c1CC[C@@H]2NC(=O)N[C@@H](CCO)C(C)(C)C. The molecule has 0 fully saturated rings. The molecule has 23 heavy (non-hydrogen) atoms. The van der Waals surface area contributed by atoms with Gasteiger partial charge in [0, 0.05) is 12.6 Å². The molecule has 1 aliphatic rings. The molecule has 1 aliphatic carbocycles. The van der Waals surface area contributed by atoms with Crippen molar-refractivity contribution in [1.29, 1.82) is 0 Å². The molecule has 128 valence electrons. The standard InChI is InChI=1S/C18H28N2O3/c1-18(2,3)16(10-11-21)20-17(22)19-14-9-8-13-12(14)6-5-7-15(13)23-4/h5-7,14,16,21H,8-11H2,1-4H3,(H2,19,20,22)/t14-,16-/m0/s1. The third-order valence-corrected chi connectivity index (χ3v) is 4.52. The Balaban J connectivity index is 2.03. The zero-order chi connectivity index (χ0) is 17.0. The minimum Gasteiger partial charge on any atom is -0.496 e. The lowest BCUT2D eigenvalue weighted by Crippen LogP contribution is -2.49. The van der Waals surface area contributed by atoms with Crippen LogP contribution in [0.4, 0.5) is 4.79 Å². The number of carbonyl (C=O) groups is 1. The third-order valence-electron chi connectivity index (χ3n) is 4.52. The number of aliphatic hydroxyl groups is 1. The van der Waals surface area contributed by atoms with Crippen molar-refractivity contribution >= 4 is 6.03 Å². The third kappa shape index (κ3) is 4.16. The van der Waals surface area contributed by atoms with Gasteiger partial charge in [-0.15, -0.1) is 0 Å². The minimum absolute atomic E-state index is 0.00912. The van der Waals surface area contributed by atoms with Gasteiger partial charge in [-0.3, -0.25) is 0 Å². The quantitative estimate of drug-likeness (QED) is 0.781. The van der Waals surface area contributed by atoms with Crippen molar-refractivity contribution in [2.75, 3.05) is 13.7 Å². The van der Waals surface area contributed by atoms with Gasteiger partial charge in [0.25, 0.3) is 0 Å². The molecule has 0 spiro atoms. The van der Waals surface area contributed by atoms with Crippen LogP contribution in [0.1, 0.15) is 50.8 Å². The Hall–Kier alpha value is -1.75. The van der Waals surface area contributed by atoms with Crippen molar-refractivity contribution < 1.29 is 14.6 Å². The van der Waals surface area contributed by atoms with E-state index in [1.807, 2.05) is 18.2 Å². The number of benzene rings is 1. The van der Waals surface area contributed by atoms with Crippen molar-refractivity contribution in [2.24, 2.45) is 5.41 Å². The highest BCUT2D eigenvalue weighted by Gasteiger charge is 2.29. The van der Waals surface area contributed by atoms with Crippen LogP contribution in [0.5, 0.6) is 5.75 Å². The molecule has 5 heteroatoms. The van der Waals surface area contributed by atoms with Crippen LogP contribution in [0.3, 0.4) is 0 Å². The fourth-order valence-corrected chi connectivity index (χ4v) is 3.17. The predicted octanol–water partition coefficient (Wildman–Crippen LogP) is 2.78. The zero-order valence-electron chi connectivity index (χ0n) is 14.5. The summed E-state index contributed by atoms with van der Waals surface area (Å²) in [4.78, 5) is 12.4. The number of ether oxygens (including phenoxy) is 1. The molecule has 0 saturated heterocycles. The summed E-state index contributed by atoms with van der Waals surface area (Å²) in [6.07, 6.45) is 2.33. The Kier molecular flexibility index (Phi) is 5.52. The summed E-state index contributed by atoms with van der Waals surface area (Å²) < 4.78 is 5.40. The van der Waals surface area contributed by atoms with Crippen LogP contribution in [-0.4, -0.2) is 30.9 Å². The highest BCUT2D eigenvalue weighted by atomic mass is 16.5. The highest BCUT2D eigenvalue weighted by Crippen LogP contribution is 2.36. The number of aliphatic hydroxyl groups excluding tert-OH is 1. The number of rotatable bonds is 5. The second-order valence-corrected chi connectivity index (χ2v) is 7.17. The van der Waals surface area contributed by atoms with E-state index in [4.69, 9.17) is 4.74 Å². The molecule has 0 aliphatic heterocycles. The number of methoxy groups -OCH3 is 1. The number of carbonyl (C=O) groups excluding carboxylic acids is 1. The Bertz CT molecular complexity index is 552. The predicted molar refractivity (Wildman–Crippen MR) is 90.7 cm³/mol. The average Bonchev–Trinajstić information content (AvgIpc) is 2.89. The van der Waals surface area contributed by atoms with E-state index in [0.29, 0.717) is 6.42 Å². The van der Waals surface area contributed by atoms with Crippen molar-refractivity contribution in [3.05, 3.63) is 29.3 Å². The molecule has 2 atom stereocenters. The van der Waals surface area contributed by atoms with Gasteiger partial charge in [-0.05, 0) is 41.9 Å². The van der Waals surface area contributed by atoms with Gasteiger partial charge in [0.05, 0.1) is 13.2 Å². The molecule has 0 unspecified atom stereocenters. The maximum absolute atomic E-state index is 12.4. The number of urea groups is 1. The van der Waals surface area contributed by atoms with E-state index >= 15 is 0 Å². The molecule has 0 saturated carbocycles. The number of hydrogen-bond acceptors (Lipinski definition) is 3. The van der Waals surface area contributed by atoms with E-state index in [-0.39, 0.29) is 30.1 Å². The van der Waals surface area contributed by atoms with Gasteiger partial charge < -0.3 is 20.5 Å². The lowest BCUT2D eigenvalue weighted by atomic mass is 9.85. The normalized spacial score (nSPS) is 18.2. The molecular formula is C18H28N2O3. The van der Waals surface area contributed by atoms with Crippen LogP contribution in [0.25, 0.3) is 0 Å². The average molecular weight is 320 g/mol. The molecular weight excluding hydrogens is 292 g/mol. The summed E-state index contributed by atoms with van der Waals surface area (Å²) in [6.45, 7) is 6.24. The van der Waals surface area contributed by atoms with Crippen molar-refractivity contribution in [1.82, 2.24) is 10.6 Å². The summed E-state index contributed by atoms with van der Waals surface area (Å²) in [7, 11) is 1.67. The van der Waals surface area contributed by atoms with Gasteiger partial charge in [-0.1, -0.05) is 32.9 Å². The molecule has 3 N–H and O–H groups in total. The van der Waals surface area contributed by atoms with E-state index in [1.165, 1.54) is 5.56 Å². The van der Waals surface area contributed by atoms with E-state index in [0.717, 1.165) is 24.2 Å². The first kappa shape index (κ1) is 17.6. The van der Waals surface area contributed by atoms with E-state index < -0.39 is 0 Å². The smallest absolute Gasteiger partial charge is 0.315 e. The van der Waals surface area contributed by atoms with Crippen LogP contribution in [-0.2, 0) is 6.42 Å². The summed E-state index contributed by atoms with van der Waals surface area (Å²) >= 11 is 0. The summed E-state index contributed by atoms with van der Waals surface area (Å²) in [5, 5.41) is 15.3. The molecule has 1 aromatic rings. The topological polar surface area (TPSA) is 70.6 Å². The summed E-state index contributed by atoms with van der Waals surface area (Å²) in [5.41, 5.74) is 2.22. The first-order chi connectivity index (χ1) is 10.9. The van der Waals surface area contributed by atoms with Gasteiger partial charge in [-0.2, -0.15) is 0 Å². The maximum Gasteiger partial charge on any atom is 0.315 e. The van der Waals surface area contributed by atoms with Crippen LogP contribution >= 0.6 is 0 Å². The minimum atomic E-state index is -0.181. The zero-order valence-corrected chi connectivity index (χ0v) is 14.5. The van der Waals surface area contributed by atoms with Crippen LogP contribution in [0, 0.1) is 5.41 Å². The van der Waals surface area contributed by atoms with Gasteiger partial charge in [0.1, 0.15) is 5.75 Å². The Morgan fingerprint density at radius 2 is 2.17 bits per heavy atom. The first-order valence-corrected chi connectivity index (χ1v) is 8.20. The van der Waals surface area contributed by atoms with Gasteiger partial charge in [0.2, 0.25) is 0 Å². The van der Waals surface area contributed by atoms with Gasteiger partial charge in [0.15, 0.2) is 0 Å². The molecule has 2 amide bonds. The fourth-order valence-electron chi connectivity index (χ4n) is 3.17. The van der Waals surface area contributed by atoms with Crippen molar-refractivity contribution in [2.45, 2.75) is 52.1 Å². The highest BCUT2D eigenvalue weighted by molar-refractivity contribution is 5.75.